The summed E-state index contributed by atoms with van der Waals surface area (Å²) >= 11 is 0. The fraction of sp³-hybridized carbons (Fsp3) is 0.500. The van der Waals surface area contributed by atoms with Gasteiger partial charge in [0.25, 0.3) is 0 Å². The van der Waals surface area contributed by atoms with E-state index in [0.29, 0.717) is 0 Å². The summed E-state index contributed by atoms with van der Waals surface area (Å²) in [7, 11) is 0. The van der Waals surface area contributed by atoms with Crippen LogP contribution in [0.5, 0.6) is 0 Å². The van der Waals surface area contributed by atoms with Gasteiger partial charge in [-0.15, -0.1) is 0 Å². The number of anilines is 1. The van der Waals surface area contributed by atoms with Gasteiger partial charge in [0.2, 0.25) is 0 Å². The molecule has 1 aromatic rings. The van der Waals surface area contributed by atoms with E-state index >= 15 is 0 Å². The highest BCUT2D eigenvalue weighted by Crippen LogP contribution is 2.23. The number of carbonyl (C=O) groups is 1. The second-order valence-corrected chi connectivity index (χ2v) is 5.86. The van der Waals surface area contributed by atoms with Crippen LogP contribution in [0.25, 0.3) is 0 Å². The topological polar surface area (TPSA) is 79.3 Å². The van der Waals surface area contributed by atoms with E-state index < -0.39 is 11.7 Å². The van der Waals surface area contributed by atoms with Gasteiger partial charge < -0.3 is 15.4 Å². The Hall–Kier alpha value is -2.22. The van der Waals surface area contributed by atoms with E-state index in [0.717, 1.165) is 24.3 Å². The summed E-state index contributed by atoms with van der Waals surface area (Å²) in [4.78, 5) is 12.3. The molecule has 1 aromatic carbocycles. The van der Waals surface area contributed by atoms with Crippen molar-refractivity contribution in [3.63, 3.8) is 0 Å². The molecule has 0 radical (unpaired) electrons. The van der Waals surface area contributed by atoms with Crippen LogP contribution in [0, 0.1) is 11.3 Å². The Labute approximate surface area is 126 Å². The van der Waals surface area contributed by atoms with Crippen molar-refractivity contribution in [2.75, 3.05) is 18.0 Å². The number of hydrogen-bond donors (Lipinski definition) is 1. The standard InChI is InChI=1S/C11H12N2.C5H11NO2/c12-9-10-5-1-2-6-11(10)13-7-3-4-8-13;1-5(2,3)8-4(6)7/h1-2,5-6H,3-4,7-8H2;1-3H3,(H2,6,7). The van der Waals surface area contributed by atoms with E-state index in [1.165, 1.54) is 12.8 Å². The van der Waals surface area contributed by atoms with Crippen LogP contribution in [0.15, 0.2) is 24.3 Å². The van der Waals surface area contributed by atoms with Gasteiger partial charge in [-0.25, -0.2) is 4.79 Å². The molecule has 2 N–H and O–H groups in total. The van der Waals surface area contributed by atoms with Crippen LogP contribution in [0.1, 0.15) is 39.2 Å². The molecule has 21 heavy (non-hydrogen) atoms. The maximum absolute atomic E-state index is 10.0. The van der Waals surface area contributed by atoms with E-state index in [-0.39, 0.29) is 0 Å². The normalized spacial score (nSPS) is 13.9. The quantitative estimate of drug-likeness (QED) is 0.861. The highest BCUT2D eigenvalue weighted by atomic mass is 16.6. The van der Waals surface area contributed by atoms with Gasteiger partial charge in [-0.2, -0.15) is 5.26 Å². The third-order valence-electron chi connectivity index (χ3n) is 2.88. The van der Waals surface area contributed by atoms with Crippen molar-refractivity contribution in [3.8, 4) is 6.07 Å². The molecule has 1 heterocycles. The van der Waals surface area contributed by atoms with Crippen LogP contribution in [0.4, 0.5) is 10.5 Å². The Bertz CT molecular complexity index is 509. The first kappa shape index (κ1) is 16.8. The minimum atomic E-state index is -0.725. The Kier molecular flexibility index (Phi) is 6.04. The Morgan fingerprint density at radius 3 is 2.29 bits per heavy atom. The summed E-state index contributed by atoms with van der Waals surface area (Å²) in [5.74, 6) is 0. The van der Waals surface area contributed by atoms with Gasteiger partial charge in [0.05, 0.1) is 11.3 Å². The molecule has 1 aliphatic rings. The molecule has 1 fully saturated rings. The molecule has 0 atom stereocenters. The van der Waals surface area contributed by atoms with Crippen molar-refractivity contribution >= 4 is 11.8 Å². The van der Waals surface area contributed by atoms with Crippen LogP contribution in [-0.2, 0) is 4.74 Å². The van der Waals surface area contributed by atoms with Crippen molar-refractivity contribution in [2.24, 2.45) is 5.73 Å². The zero-order valence-corrected chi connectivity index (χ0v) is 12.9. The highest BCUT2D eigenvalue weighted by molar-refractivity contribution is 5.65. The van der Waals surface area contributed by atoms with Gasteiger partial charge in [-0.05, 0) is 45.7 Å². The average Bonchev–Trinajstić information content (AvgIpc) is 2.90. The van der Waals surface area contributed by atoms with E-state index in [1.807, 2.05) is 24.3 Å². The monoisotopic (exact) mass is 289 g/mol. The molecule has 0 bridgehead atoms. The molecule has 0 saturated carbocycles. The van der Waals surface area contributed by atoms with Gasteiger partial charge >= 0.3 is 6.09 Å². The molecule has 114 valence electrons. The Morgan fingerprint density at radius 1 is 1.29 bits per heavy atom. The molecule has 5 nitrogen and oxygen atoms in total. The third-order valence-corrected chi connectivity index (χ3v) is 2.88. The number of amides is 1. The van der Waals surface area contributed by atoms with Crippen LogP contribution < -0.4 is 10.6 Å². The molecule has 5 heteroatoms. The van der Waals surface area contributed by atoms with Crippen molar-refractivity contribution < 1.29 is 9.53 Å². The first-order chi connectivity index (χ1) is 9.83. The van der Waals surface area contributed by atoms with Crippen LogP contribution >= 0.6 is 0 Å². The maximum Gasteiger partial charge on any atom is 0.405 e. The minimum absolute atomic E-state index is 0.453. The number of benzene rings is 1. The second kappa shape index (κ2) is 7.53. The predicted octanol–water partition coefficient (Wildman–Crippen LogP) is 3.04. The summed E-state index contributed by atoms with van der Waals surface area (Å²) in [6.07, 6.45) is 1.77. The van der Waals surface area contributed by atoms with Crippen molar-refractivity contribution in [3.05, 3.63) is 29.8 Å². The summed E-state index contributed by atoms with van der Waals surface area (Å²) in [5.41, 5.74) is 6.16. The van der Waals surface area contributed by atoms with Crippen LogP contribution in [0.3, 0.4) is 0 Å². The van der Waals surface area contributed by atoms with Crippen molar-refractivity contribution in [1.29, 1.82) is 5.26 Å². The maximum atomic E-state index is 10.0. The van der Waals surface area contributed by atoms with Gasteiger partial charge in [0, 0.05) is 13.1 Å². The first-order valence-electron chi connectivity index (χ1n) is 7.06. The molecular weight excluding hydrogens is 266 g/mol. The molecule has 0 aliphatic carbocycles. The fourth-order valence-electron chi connectivity index (χ4n) is 2.10. The summed E-state index contributed by atoms with van der Waals surface area (Å²) in [6.45, 7) is 7.48. The number of carbonyl (C=O) groups excluding carboxylic acids is 1. The number of nitriles is 1. The number of para-hydroxylation sites is 1. The largest absolute Gasteiger partial charge is 0.444 e. The van der Waals surface area contributed by atoms with E-state index in [4.69, 9.17) is 11.0 Å². The lowest BCUT2D eigenvalue weighted by Gasteiger charge is -2.18. The van der Waals surface area contributed by atoms with Crippen LogP contribution in [0.2, 0.25) is 0 Å². The predicted molar refractivity (Wildman–Crippen MR) is 83.0 cm³/mol. The van der Waals surface area contributed by atoms with E-state index in [1.54, 1.807) is 20.8 Å². The number of nitrogens with two attached hydrogens (primary N) is 1. The third kappa shape index (κ3) is 6.17. The van der Waals surface area contributed by atoms with E-state index in [2.05, 4.69) is 15.7 Å². The number of hydrogen-bond acceptors (Lipinski definition) is 4. The summed E-state index contributed by atoms with van der Waals surface area (Å²) < 4.78 is 4.58. The highest BCUT2D eigenvalue weighted by Gasteiger charge is 2.14. The van der Waals surface area contributed by atoms with Gasteiger partial charge in [0.1, 0.15) is 11.7 Å². The number of rotatable bonds is 1. The lowest BCUT2D eigenvalue weighted by molar-refractivity contribution is 0.0600. The lowest BCUT2D eigenvalue weighted by Crippen LogP contribution is -2.27. The Balaban J connectivity index is 0.000000240. The summed E-state index contributed by atoms with van der Waals surface area (Å²) in [5, 5.41) is 8.90. The zero-order valence-electron chi connectivity index (χ0n) is 12.9. The molecular formula is C16H23N3O2. The lowest BCUT2D eigenvalue weighted by atomic mass is 10.2. The van der Waals surface area contributed by atoms with Crippen LogP contribution in [-0.4, -0.2) is 24.8 Å². The smallest absolute Gasteiger partial charge is 0.405 e. The van der Waals surface area contributed by atoms with E-state index in [9.17, 15) is 4.79 Å². The second-order valence-electron chi connectivity index (χ2n) is 5.86. The number of ether oxygens (including phenoxy) is 1. The molecule has 1 saturated heterocycles. The molecule has 1 amide bonds. The number of primary amides is 1. The van der Waals surface area contributed by atoms with Gasteiger partial charge in [-0.1, -0.05) is 12.1 Å². The Morgan fingerprint density at radius 2 is 1.86 bits per heavy atom. The molecule has 0 aromatic heterocycles. The van der Waals surface area contributed by atoms with Gasteiger partial charge in [0.15, 0.2) is 0 Å². The first-order valence-corrected chi connectivity index (χ1v) is 7.06. The zero-order chi connectivity index (χ0) is 15.9. The number of nitrogens with zero attached hydrogens (tertiary/aromatic N) is 2. The summed E-state index contributed by atoms with van der Waals surface area (Å²) in [6, 6.07) is 10.1. The molecule has 1 aliphatic heterocycles. The minimum Gasteiger partial charge on any atom is -0.444 e. The van der Waals surface area contributed by atoms with Crippen molar-refractivity contribution in [1.82, 2.24) is 0 Å². The molecule has 0 unspecified atom stereocenters. The SMILES string of the molecule is CC(C)(C)OC(N)=O.N#Cc1ccccc1N1CCCC1. The molecule has 2 rings (SSSR count). The van der Waals surface area contributed by atoms with Crippen molar-refractivity contribution in [2.45, 2.75) is 39.2 Å². The average molecular weight is 289 g/mol. The fourth-order valence-corrected chi connectivity index (χ4v) is 2.10. The van der Waals surface area contributed by atoms with Gasteiger partial charge in [-0.3, -0.25) is 0 Å². The molecule has 0 spiro atoms.